The Kier molecular flexibility index (Phi) is 8.41. The molecule has 0 unspecified atom stereocenters. The van der Waals surface area contributed by atoms with E-state index in [0.29, 0.717) is 19.4 Å². The number of halogens is 1. The molecule has 0 aliphatic rings. The summed E-state index contributed by atoms with van der Waals surface area (Å²) in [5.41, 5.74) is 4.50. The molecule has 1 aromatic heterocycles. The van der Waals surface area contributed by atoms with E-state index in [2.05, 4.69) is 15.0 Å². The third-order valence-electron chi connectivity index (χ3n) is 6.01. The molecule has 0 saturated heterocycles. The van der Waals surface area contributed by atoms with E-state index in [-0.39, 0.29) is 18.0 Å². The lowest BCUT2D eigenvalue weighted by Gasteiger charge is -2.11. The number of nitrogens with one attached hydrogen (secondary N) is 3. The van der Waals surface area contributed by atoms with Gasteiger partial charge in [-0.25, -0.2) is 13.1 Å². The van der Waals surface area contributed by atoms with Gasteiger partial charge in [-0.3, -0.25) is 4.79 Å². The monoisotopic (exact) mass is 539 g/mol. The molecule has 0 atom stereocenters. The van der Waals surface area contributed by atoms with E-state index in [1.807, 2.05) is 80.6 Å². The summed E-state index contributed by atoms with van der Waals surface area (Å²) in [5.74, 6) is -0.168. The number of carbonyl (C=O) groups is 1. The van der Waals surface area contributed by atoms with Crippen LogP contribution in [0.3, 0.4) is 0 Å². The molecule has 1 amide bonds. The van der Waals surface area contributed by atoms with Crippen LogP contribution in [0.1, 0.15) is 33.6 Å². The average Bonchev–Trinajstić information content (AvgIpc) is 3.24. The zero-order chi connectivity index (χ0) is 26.4. The fourth-order valence-corrected chi connectivity index (χ4v) is 5.18. The van der Waals surface area contributed by atoms with Crippen molar-refractivity contribution in [3.63, 3.8) is 0 Å². The van der Waals surface area contributed by atoms with E-state index in [1.54, 1.807) is 0 Å². The summed E-state index contributed by atoms with van der Waals surface area (Å²) in [6.07, 6.45) is 1.17. The summed E-state index contributed by atoms with van der Waals surface area (Å²) >= 11 is 6.24. The van der Waals surface area contributed by atoms with Crippen molar-refractivity contribution in [3.8, 4) is 5.75 Å². The van der Waals surface area contributed by atoms with Crippen molar-refractivity contribution in [2.24, 2.45) is 0 Å². The van der Waals surface area contributed by atoms with Gasteiger partial charge in [0.25, 0.3) is 5.91 Å². The Morgan fingerprint density at radius 3 is 2.41 bits per heavy atom. The molecule has 37 heavy (non-hydrogen) atoms. The van der Waals surface area contributed by atoms with Crippen LogP contribution < -0.4 is 14.8 Å². The van der Waals surface area contributed by atoms with Crippen molar-refractivity contribution in [1.82, 2.24) is 9.71 Å². The third-order valence-corrected chi connectivity index (χ3v) is 7.85. The van der Waals surface area contributed by atoms with Gasteiger partial charge in [-0.05, 0) is 73.7 Å². The summed E-state index contributed by atoms with van der Waals surface area (Å²) in [4.78, 5) is 16.2. The van der Waals surface area contributed by atoms with E-state index in [9.17, 15) is 13.2 Å². The second-order valence-corrected chi connectivity index (χ2v) is 11.1. The highest BCUT2D eigenvalue weighted by Crippen LogP contribution is 2.27. The Bertz CT molecular complexity index is 1480. The number of ether oxygens (including phenoxy) is 1. The first-order chi connectivity index (χ1) is 17.7. The van der Waals surface area contributed by atoms with Crippen LogP contribution in [0.4, 0.5) is 5.69 Å². The fourth-order valence-electron chi connectivity index (χ4n) is 4.21. The molecule has 0 bridgehead atoms. The summed E-state index contributed by atoms with van der Waals surface area (Å²) in [7, 11) is -3.84. The van der Waals surface area contributed by atoms with Gasteiger partial charge in [0, 0.05) is 28.2 Å². The van der Waals surface area contributed by atoms with Crippen LogP contribution in [-0.4, -0.2) is 38.2 Å². The number of rotatable bonds is 11. The molecule has 0 spiro atoms. The molecular weight excluding hydrogens is 510 g/mol. The number of benzene rings is 3. The largest absolute Gasteiger partial charge is 0.494 e. The number of para-hydroxylation sites is 2. The Morgan fingerprint density at radius 1 is 1.00 bits per heavy atom. The van der Waals surface area contributed by atoms with E-state index in [0.717, 1.165) is 44.1 Å². The van der Waals surface area contributed by atoms with Gasteiger partial charge in [-0.1, -0.05) is 48.0 Å². The lowest BCUT2D eigenvalue weighted by molar-refractivity contribution is 0.0976. The van der Waals surface area contributed by atoms with Crippen LogP contribution in [0.5, 0.6) is 5.75 Å². The zero-order valence-electron chi connectivity index (χ0n) is 20.8. The van der Waals surface area contributed by atoms with Crippen LogP contribution >= 0.6 is 11.6 Å². The number of sulfonamides is 1. The van der Waals surface area contributed by atoms with Crippen LogP contribution in [0, 0.1) is 13.8 Å². The summed E-state index contributed by atoms with van der Waals surface area (Å²) in [5, 5.41) is 4.66. The highest BCUT2D eigenvalue weighted by Gasteiger charge is 2.22. The predicted molar refractivity (Wildman–Crippen MR) is 149 cm³/mol. The predicted octanol–water partition coefficient (Wildman–Crippen LogP) is 5.62. The first-order valence-corrected chi connectivity index (χ1v) is 14.1. The number of aromatic amines is 1. The Balaban J connectivity index is 1.41. The molecule has 3 N–H and O–H groups in total. The van der Waals surface area contributed by atoms with Crippen LogP contribution in [0.25, 0.3) is 10.9 Å². The van der Waals surface area contributed by atoms with E-state index < -0.39 is 15.9 Å². The maximum atomic E-state index is 13.1. The van der Waals surface area contributed by atoms with Gasteiger partial charge in [0.05, 0.1) is 12.4 Å². The lowest BCUT2D eigenvalue weighted by Crippen LogP contribution is -2.35. The number of fused-ring (bicyclic) bond motifs is 1. The van der Waals surface area contributed by atoms with Gasteiger partial charge < -0.3 is 15.0 Å². The van der Waals surface area contributed by atoms with E-state index >= 15 is 0 Å². The molecule has 0 fully saturated rings. The molecule has 1 heterocycles. The molecule has 0 aliphatic heterocycles. The van der Waals surface area contributed by atoms with Crippen molar-refractivity contribution in [1.29, 1.82) is 0 Å². The van der Waals surface area contributed by atoms with Gasteiger partial charge in [-0.2, -0.15) is 0 Å². The van der Waals surface area contributed by atoms with Crippen molar-refractivity contribution >= 4 is 44.1 Å². The Morgan fingerprint density at radius 2 is 1.68 bits per heavy atom. The SMILES string of the molecule is Cc1cc(OCCCc2c(C(=O)NS(=O)(=O)CCNc3ccccc3)[nH]c3ccccc23)cc(C)c1Cl. The van der Waals surface area contributed by atoms with E-state index in [1.165, 1.54) is 0 Å². The molecular formula is C28H30ClN3O4S. The molecule has 0 saturated carbocycles. The molecule has 3 aromatic carbocycles. The second kappa shape index (κ2) is 11.7. The highest BCUT2D eigenvalue weighted by molar-refractivity contribution is 7.90. The first kappa shape index (κ1) is 26.6. The number of amides is 1. The minimum atomic E-state index is -3.84. The summed E-state index contributed by atoms with van der Waals surface area (Å²) < 4.78 is 33.4. The molecule has 9 heteroatoms. The summed E-state index contributed by atoms with van der Waals surface area (Å²) in [6.45, 7) is 4.48. The van der Waals surface area contributed by atoms with Gasteiger partial charge in [-0.15, -0.1) is 0 Å². The van der Waals surface area contributed by atoms with Gasteiger partial charge >= 0.3 is 0 Å². The molecule has 7 nitrogen and oxygen atoms in total. The van der Waals surface area contributed by atoms with Gasteiger partial charge in [0.2, 0.25) is 10.0 Å². The molecule has 0 radical (unpaired) electrons. The lowest BCUT2D eigenvalue weighted by atomic mass is 10.1. The molecule has 0 aliphatic carbocycles. The molecule has 4 aromatic rings. The van der Waals surface area contributed by atoms with Crippen molar-refractivity contribution in [2.75, 3.05) is 24.2 Å². The third kappa shape index (κ3) is 6.84. The van der Waals surface area contributed by atoms with Crippen molar-refractivity contribution < 1.29 is 17.9 Å². The first-order valence-electron chi connectivity index (χ1n) is 12.1. The molecule has 4 rings (SSSR count). The smallest absolute Gasteiger partial charge is 0.281 e. The average molecular weight is 540 g/mol. The number of hydrogen-bond acceptors (Lipinski definition) is 5. The topological polar surface area (TPSA) is 100 Å². The number of aryl methyl sites for hydroxylation is 3. The quantitative estimate of drug-likeness (QED) is 0.215. The maximum Gasteiger partial charge on any atom is 0.281 e. The van der Waals surface area contributed by atoms with Crippen LogP contribution in [-0.2, 0) is 16.4 Å². The Hall–Kier alpha value is -3.49. The maximum absolute atomic E-state index is 13.1. The van der Waals surface area contributed by atoms with Gasteiger partial charge in [0.15, 0.2) is 0 Å². The van der Waals surface area contributed by atoms with Gasteiger partial charge in [0.1, 0.15) is 11.4 Å². The second-order valence-electron chi connectivity index (χ2n) is 8.89. The standard InChI is InChI=1S/C28H30ClN3O4S/c1-19-17-22(18-20(2)26(19)29)36-15-8-12-24-23-11-6-7-13-25(23)31-27(24)28(33)32-37(34,35)16-14-30-21-9-4-3-5-10-21/h3-7,9-11,13,17-18,30-31H,8,12,14-16H2,1-2H3,(H,32,33). The van der Waals surface area contributed by atoms with Crippen LogP contribution in [0.2, 0.25) is 5.02 Å². The number of hydrogen-bond donors (Lipinski definition) is 3. The fraction of sp³-hybridized carbons (Fsp3) is 0.250. The summed E-state index contributed by atoms with van der Waals surface area (Å²) in [6, 6.07) is 20.6. The number of carbonyl (C=O) groups excluding carboxylic acids is 1. The minimum Gasteiger partial charge on any atom is -0.494 e. The highest BCUT2D eigenvalue weighted by atomic mass is 35.5. The van der Waals surface area contributed by atoms with Crippen LogP contribution in [0.15, 0.2) is 66.7 Å². The molecule has 194 valence electrons. The van der Waals surface area contributed by atoms with E-state index in [4.69, 9.17) is 16.3 Å². The zero-order valence-corrected chi connectivity index (χ0v) is 22.4. The normalized spacial score (nSPS) is 11.4. The minimum absolute atomic E-state index is 0.174. The Labute approximate surface area is 222 Å². The number of anilines is 1. The number of H-pyrrole nitrogens is 1. The van der Waals surface area contributed by atoms with Crippen molar-refractivity contribution in [2.45, 2.75) is 26.7 Å². The van der Waals surface area contributed by atoms with Crippen molar-refractivity contribution in [3.05, 3.63) is 94.1 Å². The number of aromatic nitrogens is 1.